The molecule has 0 spiro atoms. The van der Waals surface area contributed by atoms with E-state index in [4.69, 9.17) is 0 Å². The third-order valence-electron chi connectivity index (χ3n) is 2.51. The summed E-state index contributed by atoms with van der Waals surface area (Å²) in [4.78, 5) is 16.3. The normalized spacial score (nSPS) is 10.3. The van der Waals surface area contributed by atoms with Crippen molar-refractivity contribution in [2.24, 2.45) is 0 Å². The van der Waals surface area contributed by atoms with Crippen molar-refractivity contribution in [1.29, 1.82) is 0 Å². The van der Waals surface area contributed by atoms with Crippen LogP contribution in [0.2, 0.25) is 0 Å². The number of anilines is 1. The number of rotatable bonds is 2. The summed E-state index contributed by atoms with van der Waals surface area (Å²) < 4.78 is 1.42. The second kappa shape index (κ2) is 5.87. The number of aromatic hydroxyl groups is 1. The van der Waals surface area contributed by atoms with E-state index in [0.29, 0.717) is 14.8 Å². The van der Waals surface area contributed by atoms with E-state index in [1.54, 1.807) is 24.3 Å². The fourth-order valence-corrected chi connectivity index (χ4v) is 2.24. The second-order valence-corrected chi connectivity index (χ2v) is 5.86. The first-order chi connectivity index (χ1) is 8.97. The van der Waals surface area contributed by atoms with Gasteiger partial charge in [0, 0.05) is 5.56 Å². The number of carbonyl (C=O) groups is 1. The van der Waals surface area contributed by atoms with E-state index in [-0.39, 0.29) is 11.7 Å². The predicted molar refractivity (Wildman–Crippen MR) is 85.5 cm³/mol. The number of halogens is 2. The number of nitrogens with zero attached hydrogens (tertiary/aromatic N) is 1. The van der Waals surface area contributed by atoms with Crippen LogP contribution >= 0.6 is 38.5 Å². The summed E-state index contributed by atoms with van der Waals surface area (Å²) in [6.07, 6.45) is 0. The Hall–Kier alpha value is -1.15. The number of hydrogen-bond donors (Lipinski definition) is 2. The van der Waals surface area contributed by atoms with Crippen molar-refractivity contribution in [1.82, 2.24) is 4.98 Å². The molecule has 2 aromatic rings. The maximum Gasteiger partial charge on any atom is 0.255 e. The molecular formula is C13H10BrIN2O2. The molecule has 1 amide bonds. The molecule has 2 N–H and O–H groups in total. The zero-order valence-corrected chi connectivity index (χ0v) is 13.7. The van der Waals surface area contributed by atoms with Gasteiger partial charge in [-0.1, -0.05) is 0 Å². The van der Waals surface area contributed by atoms with Gasteiger partial charge < -0.3 is 10.4 Å². The monoisotopic (exact) mass is 432 g/mol. The molecule has 19 heavy (non-hydrogen) atoms. The molecular weight excluding hydrogens is 423 g/mol. The zero-order valence-electron chi connectivity index (χ0n) is 9.95. The molecule has 0 saturated heterocycles. The molecule has 4 nitrogen and oxygen atoms in total. The van der Waals surface area contributed by atoms with Crippen LogP contribution in [0.25, 0.3) is 0 Å². The first kappa shape index (κ1) is 14.3. The molecule has 0 saturated carbocycles. The molecule has 98 valence electrons. The zero-order chi connectivity index (χ0) is 14.0. The average molecular weight is 433 g/mol. The van der Waals surface area contributed by atoms with Crippen LogP contribution in [-0.4, -0.2) is 16.0 Å². The van der Waals surface area contributed by atoms with Crippen LogP contribution in [0.15, 0.2) is 34.9 Å². The van der Waals surface area contributed by atoms with Crippen LogP contribution in [0, 0.1) is 10.5 Å². The molecule has 2 rings (SSSR count). The van der Waals surface area contributed by atoms with Crippen molar-refractivity contribution < 1.29 is 9.90 Å². The Morgan fingerprint density at radius 2 is 2.11 bits per heavy atom. The standard InChI is InChI=1S/C13H10BrIN2O2/c1-7-10(4-5-12(14)16-7)17-13(19)8-2-3-9(15)11(18)6-8/h2-6,18H,1H3,(H,17,19). The number of phenols is 1. The lowest BCUT2D eigenvalue weighted by Gasteiger charge is -2.08. The number of aromatic nitrogens is 1. The smallest absolute Gasteiger partial charge is 0.255 e. The highest BCUT2D eigenvalue weighted by molar-refractivity contribution is 14.1. The van der Waals surface area contributed by atoms with Crippen molar-refractivity contribution in [3.8, 4) is 5.75 Å². The van der Waals surface area contributed by atoms with Crippen molar-refractivity contribution in [2.75, 3.05) is 5.32 Å². The minimum absolute atomic E-state index is 0.0962. The van der Waals surface area contributed by atoms with Gasteiger partial charge in [-0.05, 0) is 75.8 Å². The average Bonchev–Trinajstić information content (AvgIpc) is 2.36. The van der Waals surface area contributed by atoms with Crippen LogP contribution in [0.4, 0.5) is 5.69 Å². The summed E-state index contributed by atoms with van der Waals surface area (Å²) in [5, 5.41) is 12.4. The second-order valence-electron chi connectivity index (χ2n) is 3.89. The van der Waals surface area contributed by atoms with Gasteiger partial charge in [0.1, 0.15) is 10.4 Å². The Morgan fingerprint density at radius 1 is 1.37 bits per heavy atom. The SMILES string of the molecule is Cc1nc(Br)ccc1NC(=O)c1ccc(I)c(O)c1. The van der Waals surface area contributed by atoms with Crippen molar-refractivity contribution in [3.63, 3.8) is 0 Å². The highest BCUT2D eigenvalue weighted by Crippen LogP contribution is 2.22. The summed E-state index contributed by atoms with van der Waals surface area (Å²) in [5.74, 6) is -0.183. The van der Waals surface area contributed by atoms with Crippen LogP contribution in [0.3, 0.4) is 0 Å². The molecule has 1 aromatic heterocycles. The van der Waals surface area contributed by atoms with Gasteiger partial charge in [-0.2, -0.15) is 0 Å². The van der Waals surface area contributed by atoms with E-state index >= 15 is 0 Å². The number of pyridine rings is 1. The lowest BCUT2D eigenvalue weighted by Crippen LogP contribution is -2.13. The summed E-state index contributed by atoms with van der Waals surface area (Å²) in [5.41, 5.74) is 1.77. The summed E-state index contributed by atoms with van der Waals surface area (Å²) >= 11 is 5.27. The number of phenolic OH excluding ortho intramolecular Hbond substituents is 1. The molecule has 0 atom stereocenters. The van der Waals surface area contributed by atoms with Crippen LogP contribution in [0.5, 0.6) is 5.75 Å². The minimum atomic E-state index is -0.279. The van der Waals surface area contributed by atoms with Crippen molar-refractivity contribution in [3.05, 3.63) is 49.8 Å². The molecule has 0 bridgehead atoms. The quantitative estimate of drug-likeness (QED) is 0.561. The van der Waals surface area contributed by atoms with E-state index in [2.05, 4.69) is 26.2 Å². The lowest BCUT2D eigenvalue weighted by atomic mass is 10.2. The molecule has 0 aliphatic heterocycles. The Bertz CT molecular complexity index is 647. The largest absolute Gasteiger partial charge is 0.507 e. The first-order valence-electron chi connectivity index (χ1n) is 5.40. The lowest BCUT2D eigenvalue weighted by molar-refractivity contribution is 0.102. The Balaban J connectivity index is 2.23. The topological polar surface area (TPSA) is 62.2 Å². The molecule has 0 fully saturated rings. The van der Waals surface area contributed by atoms with E-state index in [1.807, 2.05) is 29.5 Å². The van der Waals surface area contributed by atoms with Crippen LogP contribution < -0.4 is 5.32 Å². The van der Waals surface area contributed by atoms with Gasteiger partial charge in [0.25, 0.3) is 5.91 Å². The van der Waals surface area contributed by atoms with Gasteiger partial charge >= 0.3 is 0 Å². The number of nitrogens with one attached hydrogen (secondary N) is 1. The number of hydrogen-bond acceptors (Lipinski definition) is 3. The van der Waals surface area contributed by atoms with Gasteiger partial charge in [0.15, 0.2) is 0 Å². The molecule has 0 radical (unpaired) electrons. The maximum absolute atomic E-state index is 12.1. The molecule has 0 aliphatic carbocycles. The van der Waals surface area contributed by atoms with E-state index < -0.39 is 0 Å². The van der Waals surface area contributed by atoms with Crippen molar-refractivity contribution in [2.45, 2.75) is 6.92 Å². The van der Waals surface area contributed by atoms with Gasteiger partial charge in [0.2, 0.25) is 0 Å². The fourth-order valence-electron chi connectivity index (χ4n) is 1.51. The van der Waals surface area contributed by atoms with Gasteiger partial charge in [-0.25, -0.2) is 4.98 Å². The summed E-state index contributed by atoms with van der Waals surface area (Å²) in [6.45, 7) is 1.81. The number of aryl methyl sites for hydroxylation is 1. The van der Waals surface area contributed by atoms with E-state index in [9.17, 15) is 9.90 Å². The molecule has 1 heterocycles. The van der Waals surface area contributed by atoms with Crippen molar-refractivity contribution >= 4 is 50.1 Å². The fraction of sp³-hybridized carbons (Fsp3) is 0.0769. The minimum Gasteiger partial charge on any atom is -0.507 e. The summed E-state index contributed by atoms with van der Waals surface area (Å²) in [7, 11) is 0. The number of benzene rings is 1. The Morgan fingerprint density at radius 3 is 2.74 bits per heavy atom. The van der Waals surface area contributed by atoms with Gasteiger partial charge in [-0.3, -0.25) is 4.79 Å². The van der Waals surface area contributed by atoms with E-state index in [0.717, 1.165) is 10.3 Å². The summed E-state index contributed by atoms with van der Waals surface area (Å²) in [6, 6.07) is 8.33. The third kappa shape index (κ3) is 3.44. The highest BCUT2D eigenvalue weighted by atomic mass is 127. The molecule has 0 aliphatic rings. The number of amides is 1. The highest BCUT2D eigenvalue weighted by Gasteiger charge is 2.10. The first-order valence-corrected chi connectivity index (χ1v) is 7.27. The van der Waals surface area contributed by atoms with E-state index in [1.165, 1.54) is 6.07 Å². The molecule has 0 unspecified atom stereocenters. The van der Waals surface area contributed by atoms with Gasteiger partial charge in [0.05, 0.1) is 15.0 Å². The molecule has 6 heteroatoms. The molecule has 1 aromatic carbocycles. The maximum atomic E-state index is 12.1. The van der Waals surface area contributed by atoms with Gasteiger partial charge in [-0.15, -0.1) is 0 Å². The van der Waals surface area contributed by atoms with Crippen LogP contribution in [0.1, 0.15) is 16.1 Å². The Kier molecular flexibility index (Phi) is 4.41. The Labute approximate surface area is 132 Å². The number of carbonyl (C=O) groups excluding carboxylic acids is 1. The predicted octanol–water partition coefficient (Wildman–Crippen LogP) is 3.72. The van der Waals surface area contributed by atoms with Crippen LogP contribution in [-0.2, 0) is 0 Å². The third-order valence-corrected chi connectivity index (χ3v) is 3.86.